The third-order valence-electron chi connectivity index (χ3n) is 3.41. The molecule has 0 bridgehead atoms. The van der Waals surface area contributed by atoms with Crippen molar-refractivity contribution in [3.63, 3.8) is 0 Å². The number of carbonyl (C=O) groups is 2. The van der Waals surface area contributed by atoms with E-state index in [1.54, 1.807) is 18.2 Å². The van der Waals surface area contributed by atoms with Gasteiger partial charge in [0.2, 0.25) is 5.91 Å². The molecule has 2 heterocycles. The summed E-state index contributed by atoms with van der Waals surface area (Å²) >= 11 is 0. The van der Waals surface area contributed by atoms with Crippen LogP contribution in [0.5, 0.6) is 0 Å². The van der Waals surface area contributed by atoms with Crippen LogP contribution in [-0.2, 0) is 9.53 Å². The van der Waals surface area contributed by atoms with E-state index in [1.807, 2.05) is 6.92 Å². The van der Waals surface area contributed by atoms with Crippen molar-refractivity contribution in [3.8, 4) is 0 Å². The lowest BCUT2D eigenvalue weighted by Crippen LogP contribution is -2.33. The number of nitrogens with one attached hydrogen (secondary N) is 1. The summed E-state index contributed by atoms with van der Waals surface area (Å²) in [5.74, 6) is -0.340. The van der Waals surface area contributed by atoms with E-state index in [1.165, 1.54) is 11.0 Å². The normalized spacial score (nSPS) is 14.2. The summed E-state index contributed by atoms with van der Waals surface area (Å²) < 4.78 is 9.88. The van der Waals surface area contributed by atoms with E-state index in [9.17, 15) is 14.4 Å². The molecule has 0 spiro atoms. The molecule has 2 aromatic rings. The molecule has 1 N–H and O–H groups in total. The smallest absolute Gasteiger partial charge is 0.410 e. The number of aryl methyl sites for hydroxylation is 1. The second kappa shape index (κ2) is 5.51. The Kier molecular flexibility index (Phi) is 3.54. The molecule has 7 nitrogen and oxygen atoms in total. The van der Waals surface area contributed by atoms with Gasteiger partial charge >= 0.3 is 11.7 Å². The number of anilines is 1. The van der Waals surface area contributed by atoms with E-state index < -0.39 is 11.7 Å². The van der Waals surface area contributed by atoms with E-state index in [0.29, 0.717) is 24.4 Å². The first kappa shape index (κ1) is 14.1. The maximum absolute atomic E-state index is 11.9. The Morgan fingerprint density at radius 3 is 2.86 bits per heavy atom. The Bertz CT molecular complexity index is 811. The number of hydrogen-bond donors (Lipinski definition) is 1. The van der Waals surface area contributed by atoms with Gasteiger partial charge in [0.15, 0.2) is 0 Å². The predicted molar refractivity (Wildman–Crippen MR) is 78.8 cm³/mol. The minimum absolute atomic E-state index is 0.0748. The van der Waals surface area contributed by atoms with Crippen LogP contribution in [0.25, 0.3) is 11.0 Å². The fraction of sp³-hybridized carbons (Fsp3) is 0.267. The Morgan fingerprint density at radius 1 is 1.32 bits per heavy atom. The van der Waals surface area contributed by atoms with Gasteiger partial charge in [0.1, 0.15) is 18.7 Å². The second-order valence-electron chi connectivity index (χ2n) is 5.04. The summed E-state index contributed by atoms with van der Waals surface area (Å²) in [7, 11) is 0. The Morgan fingerprint density at radius 2 is 2.14 bits per heavy atom. The molecule has 0 radical (unpaired) electrons. The van der Waals surface area contributed by atoms with Crippen LogP contribution >= 0.6 is 0 Å². The third kappa shape index (κ3) is 2.78. The lowest BCUT2D eigenvalue weighted by atomic mass is 10.1. The molecule has 0 aliphatic carbocycles. The molecule has 0 atom stereocenters. The lowest BCUT2D eigenvalue weighted by molar-refractivity contribution is -0.116. The van der Waals surface area contributed by atoms with Crippen LogP contribution < -0.4 is 10.9 Å². The molecule has 2 amide bonds. The van der Waals surface area contributed by atoms with Gasteiger partial charge in [-0.05, 0) is 24.6 Å². The number of rotatable bonds is 3. The van der Waals surface area contributed by atoms with E-state index >= 15 is 0 Å². The fourth-order valence-corrected chi connectivity index (χ4v) is 2.35. The van der Waals surface area contributed by atoms with E-state index in [2.05, 4.69) is 5.32 Å². The van der Waals surface area contributed by atoms with Crippen LogP contribution in [0.2, 0.25) is 0 Å². The average molecular weight is 302 g/mol. The van der Waals surface area contributed by atoms with Crippen molar-refractivity contribution in [3.05, 3.63) is 40.2 Å². The molecule has 0 saturated carbocycles. The lowest BCUT2D eigenvalue weighted by Gasteiger charge is -2.12. The SMILES string of the molecule is Cc1cc(=O)oc2cc(NC(=O)CN3CCOC3=O)ccc12. The number of carbonyl (C=O) groups excluding carboxylic acids is 2. The number of amides is 2. The molecule has 0 unspecified atom stereocenters. The molecule has 114 valence electrons. The second-order valence-corrected chi connectivity index (χ2v) is 5.04. The van der Waals surface area contributed by atoms with Gasteiger partial charge in [0, 0.05) is 23.2 Å². The van der Waals surface area contributed by atoms with Crippen LogP contribution in [0.4, 0.5) is 10.5 Å². The number of cyclic esters (lactones) is 1. The fourth-order valence-electron chi connectivity index (χ4n) is 2.35. The van der Waals surface area contributed by atoms with Crippen molar-refractivity contribution >= 4 is 28.7 Å². The van der Waals surface area contributed by atoms with Crippen molar-refractivity contribution < 1.29 is 18.7 Å². The van der Waals surface area contributed by atoms with Crippen LogP contribution in [0.15, 0.2) is 33.5 Å². The van der Waals surface area contributed by atoms with Crippen molar-refractivity contribution in [1.82, 2.24) is 4.90 Å². The van der Waals surface area contributed by atoms with Crippen LogP contribution in [0.3, 0.4) is 0 Å². The summed E-state index contributed by atoms with van der Waals surface area (Å²) in [5.41, 5.74) is 1.28. The maximum atomic E-state index is 11.9. The maximum Gasteiger partial charge on any atom is 0.410 e. The Hall–Kier alpha value is -2.83. The highest BCUT2D eigenvalue weighted by atomic mass is 16.6. The van der Waals surface area contributed by atoms with E-state index in [-0.39, 0.29) is 12.5 Å². The summed E-state index contributed by atoms with van der Waals surface area (Å²) in [4.78, 5) is 35.9. The first-order valence-electron chi connectivity index (χ1n) is 6.79. The number of benzene rings is 1. The van der Waals surface area contributed by atoms with Gasteiger partial charge in [-0.2, -0.15) is 0 Å². The summed E-state index contributed by atoms with van der Waals surface area (Å²) in [6, 6.07) is 6.49. The molecule has 1 aliphatic heterocycles. The standard InChI is InChI=1S/C15H14N2O5/c1-9-6-14(19)22-12-7-10(2-3-11(9)12)16-13(18)8-17-4-5-21-15(17)20/h2-3,6-7H,4-5,8H2,1H3,(H,16,18). The zero-order chi connectivity index (χ0) is 15.7. The minimum atomic E-state index is -0.490. The van der Waals surface area contributed by atoms with E-state index in [4.69, 9.17) is 9.15 Å². The van der Waals surface area contributed by atoms with Crippen LogP contribution in [0.1, 0.15) is 5.56 Å². The topological polar surface area (TPSA) is 88.8 Å². The molecule has 3 rings (SSSR count). The summed E-state index contributed by atoms with van der Waals surface area (Å²) in [5, 5.41) is 3.48. The first-order chi connectivity index (χ1) is 10.5. The molecule has 1 aromatic carbocycles. The van der Waals surface area contributed by atoms with E-state index in [0.717, 1.165) is 10.9 Å². The van der Waals surface area contributed by atoms with Crippen LogP contribution in [-0.4, -0.2) is 36.6 Å². The third-order valence-corrected chi connectivity index (χ3v) is 3.41. The van der Waals surface area contributed by atoms with Gasteiger partial charge in [0.05, 0.1) is 6.54 Å². The predicted octanol–water partition coefficient (Wildman–Crippen LogP) is 1.49. The molecule has 7 heteroatoms. The van der Waals surface area contributed by atoms with Gasteiger partial charge in [-0.15, -0.1) is 0 Å². The van der Waals surface area contributed by atoms with Gasteiger partial charge in [-0.25, -0.2) is 9.59 Å². The Balaban J connectivity index is 1.77. The van der Waals surface area contributed by atoms with Gasteiger partial charge < -0.3 is 14.5 Å². The molecular weight excluding hydrogens is 288 g/mol. The quantitative estimate of drug-likeness (QED) is 0.868. The van der Waals surface area contributed by atoms with Gasteiger partial charge in [-0.1, -0.05) is 0 Å². The first-order valence-corrected chi connectivity index (χ1v) is 6.79. The van der Waals surface area contributed by atoms with Crippen molar-refractivity contribution in [2.45, 2.75) is 6.92 Å². The highest BCUT2D eigenvalue weighted by molar-refractivity contribution is 5.96. The largest absolute Gasteiger partial charge is 0.448 e. The monoisotopic (exact) mass is 302 g/mol. The molecular formula is C15H14N2O5. The number of ether oxygens (including phenoxy) is 1. The van der Waals surface area contributed by atoms with Gasteiger partial charge in [-0.3, -0.25) is 9.69 Å². The van der Waals surface area contributed by atoms with Crippen molar-refractivity contribution in [2.24, 2.45) is 0 Å². The van der Waals surface area contributed by atoms with Crippen molar-refractivity contribution in [1.29, 1.82) is 0 Å². The number of hydrogen-bond acceptors (Lipinski definition) is 5. The highest BCUT2D eigenvalue weighted by Crippen LogP contribution is 2.20. The molecule has 1 saturated heterocycles. The van der Waals surface area contributed by atoms with Crippen molar-refractivity contribution in [2.75, 3.05) is 25.0 Å². The molecule has 1 aliphatic rings. The zero-order valence-electron chi connectivity index (χ0n) is 11.9. The minimum Gasteiger partial charge on any atom is -0.448 e. The van der Waals surface area contributed by atoms with Gasteiger partial charge in [0.25, 0.3) is 0 Å². The number of nitrogens with zero attached hydrogens (tertiary/aromatic N) is 1. The Labute approximate surface area is 125 Å². The average Bonchev–Trinajstić information content (AvgIpc) is 2.83. The number of fused-ring (bicyclic) bond motifs is 1. The highest BCUT2D eigenvalue weighted by Gasteiger charge is 2.24. The molecule has 1 fully saturated rings. The molecule has 1 aromatic heterocycles. The summed E-state index contributed by atoms with van der Waals surface area (Å²) in [6.07, 6.45) is -0.490. The zero-order valence-corrected chi connectivity index (χ0v) is 11.9. The van der Waals surface area contributed by atoms with Crippen LogP contribution in [0, 0.1) is 6.92 Å². The molecule has 22 heavy (non-hydrogen) atoms. The summed E-state index contributed by atoms with van der Waals surface area (Å²) in [6.45, 7) is 2.44.